The van der Waals surface area contributed by atoms with E-state index in [0.717, 1.165) is 24.1 Å². The van der Waals surface area contributed by atoms with Crippen LogP contribution in [0.15, 0.2) is 11.2 Å². The first-order valence-electron chi connectivity index (χ1n) is 8.13. The fourth-order valence-electron chi connectivity index (χ4n) is 1.98. The van der Waals surface area contributed by atoms with Crippen molar-refractivity contribution in [2.24, 2.45) is 12.0 Å². The predicted octanol–water partition coefficient (Wildman–Crippen LogP) is 0.904. The quantitative estimate of drug-likeness (QED) is 0.578. The molecule has 130 valence electrons. The van der Waals surface area contributed by atoms with Crippen molar-refractivity contribution in [3.63, 3.8) is 0 Å². The van der Waals surface area contributed by atoms with Crippen molar-refractivity contribution < 1.29 is 4.79 Å². The fraction of sp³-hybridized carbons (Fsp3) is 0.688. The Morgan fingerprint density at radius 3 is 2.70 bits per heavy atom. The second kappa shape index (κ2) is 9.17. The summed E-state index contributed by atoms with van der Waals surface area (Å²) in [5.41, 5.74) is 2.17. The first-order chi connectivity index (χ1) is 10.9. The second-order valence-electron chi connectivity index (χ2n) is 5.89. The van der Waals surface area contributed by atoms with E-state index in [4.69, 9.17) is 0 Å². The van der Waals surface area contributed by atoms with E-state index in [9.17, 15) is 4.79 Å². The molecule has 0 saturated heterocycles. The van der Waals surface area contributed by atoms with Gasteiger partial charge in [-0.15, -0.1) is 0 Å². The van der Waals surface area contributed by atoms with E-state index in [1.54, 1.807) is 19.0 Å². The van der Waals surface area contributed by atoms with Gasteiger partial charge < -0.3 is 15.5 Å². The first-order valence-corrected chi connectivity index (χ1v) is 8.13. The van der Waals surface area contributed by atoms with Crippen LogP contribution in [-0.2, 0) is 24.8 Å². The van der Waals surface area contributed by atoms with Crippen molar-refractivity contribution in [2.45, 2.75) is 46.2 Å². The van der Waals surface area contributed by atoms with Gasteiger partial charge in [-0.05, 0) is 19.8 Å². The van der Waals surface area contributed by atoms with Gasteiger partial charge in [-0.1, -0.05) is 13.8 Å². The Hall–Kier alpha value is -2.05. The highest BCUT2D eigenvalue weighted by molar-refractivity contribution is 5.86. The molecular weight excluding hydrogens is 292 g/mol. The Morgan fingerprint density at radius 1 is 1.43 bits per heavy atom. The number of carbonyl (C=O) groups is 1. The molecule has 23 heavy (non-hydrogen) atoms. The molecule has 0 bridgehead atoms. The summed E-state index contributed by atoms with van der Waals surface area (Å²) < 4.78 is 1.81. The van der Waals surface area contributed by atoms with Gasteiger partial charge in [0.2, 0.25) is 5.91 Å². The van der Waals surface area contributed by atoms with Crippen LogP contribution in [0.4, 0.5) is 0 Å². The normalized spacial score (nSPS) is 12.9. The lowest BCUT2D eigenvalue weighted by Crippen LogP contribution is -2.45. The molecule has 2 N–H and O–H groups in total. The highest BCUT2D eigenvalue weighted by atomic mass is 16.2. The van der Waals surface area contributed by atoms with Crippen LogP contribution in [0.3, 0.4) is 0 Å². The molecule has 0 spiro atoms. The average Bonchev–Trinajstić information content (AvgIpc) is 2.89. The number of hydrogen-bond donors (Lipinski definition) is 2. The summed E-state index contributed by atoms with van der Waals surface area (Å²) in [5, 5.41) is 10.8. The van der Waals surface area contributed by atoms with Gasteiger partial charge in [-0.25, -0.2) is 4.99 Å². The van der Waals surface area contributed by atoms with E-state index >= 15 is 0 Å². The minimum atomic E-state index is 0.0132. The lowest BCUT2D eigenvalue weighted by Gasteiger charge is -2.18. The van der Waals surface area contributed by atoms with Crippen molar-refractivity contribution >= 4 is 11.9 Å². The van der Waals surface area contributed by atoms with Gasteiger partial charge in [-0.3, -0.25) is 9.48 Å². The molecule has 7 nitrogen and oxygen atoms in total. The molecule has 1 aromatic rings. The second-order valence-corrected chi connectivity index (χ2v) is 5.89. The fourth-order valence-corrected chi connectivity index (χ4v) is 1.98. The summed E-state index contributed by atoms with van der Waals surface area (Å²) in [6.45, 7) is 7.05. The minimum absolute atomic E-state index is 0.0132. The van der Waals surface area contributed by atoms with Gasteiger partial charge in [0.25, 0.3) is 0 Å². The maximum Gasteiger partial charge on any atom is 0.241 e. The van der Waals surface area contributed by atoms with E-state index < -0.39 is 0 Å². The maximum absolute atomic E-state index is 11.7. The third-order valence-electron chi connectivity index (χ3n) is 3.64. The molecule has 0 aromatic carbocycles. The topological polar surface area (TPSA) is 74.5 Å². The van der Waals surface area contributed by atoms with Crippen molar-refractivity contribution in [1.82, 2.24) is 25.3 Å². The number of guanidine groups is 1. The summed E-state index contributed by atoms with van der Waals surface area (Å²) in [4.78, 5) is 17.9. The Balaban J connectivity index is 2.78. The molecule has 1 atom stereocenters. The number of carbonyl (C=O) groups excluding carboxylic acids is 1. The first kappa shape index (κ1) is 19.0. The van der Waals surface area contributed by atoms with Crippen LogP contribution in [0.1, 0.15) is 38.4 Å². The molecule has 0 radical (unpaired) electrons. The third-order valence-corrected chi connectivity index (χ3v) is 3.64. The lowest BCUT2D eigenvalue weighted by atomic mass is 10.2. The summed E-state index contributed by atoms with van der Waals surface area (Å²) in [5.74, 6) is 0.666. The summed E-state index contributed by atoms with van der Waals surface area (Å²) in [6.07, 6.45) is 3.86. The van der Waals surface area contributed by atoms with E-state index in [-0.39, 0.29) is 18.5 Å². The Labute approximate surface area is 139 Å². The molecule has 1 aromatic heterocycles. The van der Waals surface area contributed by atoms with Gasteiger partial charge in [-0.2, -0.15) is 5.10 Å². The number of nitrogens with one attached hydrogen (secondary N) is 2. The number of rotatable bonds is 7. The van der Waals surface area contributed by atoms with Crippen LogP contribution in [0.5, 0.6) is 0 Å². The molecule has 1 amide bonds. The Kier molecular flexibility index (Phi) is 7.57. The SMILES string of the molecule is CCc1nn(C)cc1CN=C(NCC(=O)N(C)C)NC(C)CC. The van der Waals surface area contributed by atoms with Gasteiger partial charge in [0.05, 0.1) is 18.8 Å². The summed E-state index contributed by atoms with van der Waals surface area (Å²) >= 11 is 0. The van der Waals surface area contributed by atoms with Crippen LogP contribution in [0.25, 0.3) is 0 Å². The molecule has 0 aliphatic rings. The molecule has 7 heteroatoms. The number of nitrogens with zero attached hydrogens (tertiary/aromatic N) is 4. The standard InChI is InChI=1S/C16H30N6O/c1-7-12(3)19-16(18-10-15(23)21(4)5)17-9-13-11-22(6)20-14(13)8-2/h11-12H,7-10H2,1-6H3,(H2,17,18,19). The van der Waals surface area contributed by atoms with Crippen molar-refractivity contribution in [2.75, 3.05) is 20.6 Å². The van der Waals surface area contributed by atoms with Crippen LogP contribution in [0.2, 0.25) is 0 Å². The number of aliphatic imine (C=N–C) groups is 1. The molecule has 1 rings (SSSR count). The molecule has 1 unspecified atom stereocenters. The zero-order valence-electron chi connectivity index (χ0n) is 15.2. The van der Waals surface area contributed by atoms with Crippen molar-refractivity contribution in [3.05, 3.63) is 17.5 Å². The van der Waals surface area contributed by atoms with Crippen molar-refractivity contribution in [3.8, 4) is 0 Å². The number of amides is 1. The monoisotopic (exact) mass is 322 g/mol. The van der Waals surface area contributed by atoms with Crippen molar-refractivity contribution in [1.29, 1.82) is 0 Å². The Bertz CT molecular complexity index is 535. The van der Waals surface area contributed by atoms with E-state index in [0.29, 0.717) is 12.5 Å². The van der Waals surface area contributed by atoms with E-state index in [1.165, 1.54) is 0 Å². The molecule has 0 fully saturated rings. The van der Waals surface area contributed by atoms with Crippen LogP contribution in [-0.4, -0.2) is 53.2 Å². The molecule has 0 aliphatic carbocycles. The summed E-state index contributed by atoms with van der Waals surface area (Å²) in [6, 6.07) is 0.287. The smallest absolute Gasteiger partial charge is 0.241 e. The maximum atomic E-state index is 11.7. The largest absolute Gasteiger partial charge is 0.354 e. The number of hydrogen-bond acceptors (Lipinski definition) is 3. The predicted molar refractivity (Wildman–Crippen MR) is 93.3 cm³/mol. The minimum Gasteiger partial charge on any atom is -0.354 e. The number of likely N-dealkylation sites (N-methyl/N-ethyl adjacent to an activating group) is 1. The highest BCUT2D eigenvalue weighted by Crippen LogP contribution is 2.08. The molecule has 0 aliphatic heterocycles. The zero-order chi connectivity index (χ0) is 17.4. The van der Waals surface area contributed by atoms with Crippen LogP contribution >= 0.6 is 0 Å². The van der Waals surface area contributed by atoms with Gasteiger partial charge >= 0.3 is 0 Å². The molecule has 1 heterocycles. The average molecular weight is 322 g/mol. The molecular formula is C16H30N6O. The van der Waals surface area contributed by atoms with E-state index in [2.05, 4.69) is 41.5 Å². The van der Waals surface area contributed by atoms with Gasteiger partial charge in [0.1, 0.15) is 0 Å². The lowest BCUT2D eigenvalue weighted by molar-refractivity contribution is -0.127. The van der Waals surface area contributed by atoms with Crippen LogP contribution < -0.4 is 10.6 Å². The Morgan fingerprint density at radius 2 is 2.13 bits per heavy atom. The van der Waals surface area contributed by atoms with Crippen LogP contribution in [0, 0.1) is 0 Å². The van der Waals surface area contributed by atoms with Gasteiger partial charge in [0.15, 0.2) is 5.96 Å². The number of aromatic nitrogens is 2. The van der Waals surface area contributed by atoms with Gasteiger partial charge in [0, 0.05) is 38.9 Å². The molecule has 0 saturated carbocycles. The summed E-state index contributed by atoms with van der Waals surface area (Å²) in [7, 11) is 5.40. The van der Waals surface area contributed by atoms with E-state index in [1.807, 2.05) is 17.9 Å². The third kappa shape index (κ3) is 6.30. The zero-order valence-corrected chi connectivity index (χ0v) is 15.2. The highest BCUT2D eigenvalue weighted by Gasteiger charge is 2.09. The number of aryl methyl sites for hydroxylation is 2.